The second kappa shape index (κ2) is 3.08. The summed E-state index contributed by atoms with van der Waals surface area (Å²) in [6.07, 6.45) is 2.18. The first-order chi connectivity index (χ1) is 4.33. The van der Waals surface area contributed by atoms with Crippen LogP contribution in [0.15, 0.2) is 22.5 Å². The van der Waals surface area contributed by atoms with Crippen LogP contribution in [0.1, 0.15) is 6.92 Å². The molecule has 0 aromatic rings. The van der Waals surface area contributed by atoms with Gasteiger partial charge in [0.2, 0.25) is 0 Å². The van der Waals surface area contributed by atoms with E-state index >= 15 is 0 Å². The maximum absolute atomic E-state index is 5.41. The summed E-state index contributed by atoms with van der Waals surface area (Å²) in [6, 6.07) is 0. The van der Waals surface area contributed by atoms with E-state index in [1.54, 1.807) is 0 Å². The Bertz CT molecular complexity index is 149. The molecule has 0 radical (unpaired) electrons. The fourth-order valence-electron chi connectivity index (χ4n) is 0.849. The van der Waals surface area contributed by atoms with Crippen LogP contribution < -0.4 is 5.73 Å². The zero-order valence-corrected chi connectivity index (χ0v) is 6.57. The summed E-state index contributed by atoms with van der Waals surface area (Å²) in [5, 5.41) is 4.60. The maximum atomic E-state index is 5.41. The molecule has 9 heavy (non-hydrogen) atoms. The van der Waals surface area contributed by atoms with Crippen LogP contribution in [0.3, 0.4) is 0 Å². The van der Waals surface area contributed by atoms with E-state index in [2.05, 4.69) is 23.8 Å². The maximum Gasteiger partial charge on any atom is 0.000284 e. The molecule has 1 atom stereocenters. The van der Waals surface area contributed by atoms with Gasteiger partial charge in [0, 0.05) is 6.54 Å². The standard InChI is InChI=1S/C7H13NS/c1-7-2-4-9(6-7)5-3-8/h2,4,6,9H,3,5,8H2,1H3. The molecule has 52 valence electrons. The third kappa shape index (κ3) is 1.88. The van der Waals surface area contributed by atoms with E-state index < -0.39 is 0 Å². The van der Waals surface area contributed by atoms with Crippen molar-refractivity contribution in [2.75, 3.05) is 12.3 Å². The predicted molar refractivity (Wildman–Crippen MR) is 45.8 cm³/mol. The summed E-state index contributed by atoms with van der Waals surface area (Å²) < 4.78 is 0. The lowest BCUT2D eigenvalue weighted by Crippen LogP contribution is -2.02. The van der Waals surface area contributed by atoms with Gasteiger partial charge >= 0.3 is 0 Å². The fraction of sp³-hybridized carbons (Fsp3) is 0.429. The van der Waals surface area contributed by atoms with E-state index in [0.29, 0.717) is 0 Å². The van der Waals surface area contributed by atoms with Crippen LogP contribution in [-0.4, -0.2) is 12.3 Å². The number of hydrogen-bond donors (Lipinski definition) is 2. The van der Waals surface area contributed by atoms with Gasteiger partial charge in [-0.3, -0.25) is 0 Å². The van der Waals surface area contributed by atoms with Crippen LogP contribution in [0, 0.1) is 0 Å². The van der Waals surface area contributed by atoms with Crippen molar-refractivity contribution in [2.24, 2.45) is 5.73 Å². The molecule has 1 nitrogen and oxygen atoms in total. The topological polar surface area (TPSA) is 26.0 Å². The minimum Gasteiger partial charge on any atom is -0.330 e. The van der Waals surface area contributed by atoms with E-state index in [4.69, 9.17) is 5.73 Å². The van der Waals surface area contributed by atoms with E-state index in [9.17, 15) is 0 Å². The molecular weight excluding hydrogens is 130 g/mol. The molecular formula is C7H13NS. The Labute approximate surface area is 59.0 Å². The lowest BCUT2D eigenvalue weighted by Gasteiger charge is -2.05. The monoisotopic (exact) mass is 143 g/mol. The highest BCUT2D eigenvalue weighted by Crippen LogP contribution is 2.34. The predicted octanol–water partition coefficient (Wildman–Crippen LogP) is 1.38. The average Bonchev–Trinajstić information content (AvgIpc) is 2.17. The molecule has 0 aliphatic carbocycles. The Kier molecular flexibility index (Phi) is 2.37. The largest absolute Gasteiger partial charge is 0.330 e. The lowest BCUT2D eigenvalue weighted by atomic mass is 10.4. The normalized spacial score (nSPS) is 28.7. The highest BCUT2D eigenvalue weighted by Gasteiger charge is 1.99. The highest BCUT2D eigenvalue weighted by molar-refractivity contribution is 8.22. The van der Waals surface area contributed by atoms with Gasteiger partial charge in [0.15, 0.2) is 0 Å². The molecule has 0 fully saturated rings. The van der Waals surface area contributed by atoms with Crippen LogP contribution in [-0.2, 0) is 0 Å². The summed E-state index contributed by atoms with van der Waals surface area (Å²) in [4.78, 5) is 0. The van der Waals surface area contributed by atoms with Crippen LogP contribution >= 0.6 is 10.9 Å². The first-order valence-electron chi connectivity index (χ1n) is 3.15. The van der Waals surface area contributed by atoms with Gasteiger partial charge in [-0.05, 0) is 29.1 Å². The van der Waals surface area contributed by atoms with Gasteiger partial charge in [0.1, 0.15) is 0 Å². The minimum absolute atomic E-state index is 0.0478. The van der Waals surface area contributed by atoms with Crippen molar-refractivity contribution in [3.8, 4) is 0 Å². The van der Waals surface area contributed by atoms with E-state index in [0.717, 1.165) is 12.3 Å². The summed E-state index contributed by atoms with van der Waals surface area (Å²) in [7, 11) is 0.0478. The van der Waals surface area contributed by atoms with Gasteiger partial charge in [-0.25, -0.2) is 10.9 Å². The van der Waals surface area contributed by atoms with Crippen LogP contribution in [0.25, 0.3) is 0 Å². The number of thiol groups is 1. The minimum atomic E-state index is 0.0478. The van der Waals surface area contributed by atoms with Crippen LogP contribution in [0.4, 0.5) is 0 Å². The van der Waals surface area contributed by atoms with E-state index in [1.807, 2.05) is 0 Å². The van der Waals surface area contributed by atoms with E-state index in [1.165, 1.54) is 5.57 Å². The molecule has 1 aliphatic rings. The molecule has 1 rings (SSSR count). The molecule has 0 saturated heterocycles. The molecule has 0 aromatic heterocycles. The molecule has 1 aliphatic heterocycles. The molecule has 0 saturated carbocycles. The molecule has 2 heteroatoms. The Balaban J connectivity index is 2.40. The molecule has 1 unspecified atom stereocenters. The van der Waals surface area contributed by atoms with Crippen molar-refractivity contribution in [2.45, 2.75) is 6.92 Å². The number of hydrogen-bond acceptors (Lipinski definition) is 1. The highest BCUT2D eigenvalue weighted by atomic mass is 32.2. The third-order valence-corrected chi connectivity index (χ3v) is 3.33. The van der Waals surface area contributed by atoms with Gasteiger partial charge in [0.25, 0.3) is 0 Å². The van der Waals surface area contributed by atoms with Gasteiger partial charge in [-0.2, -0.15) is 0 Å². The lowest BCUT2D eigenvalue weighted by molar-refractivity contribution is 1.15. The van der Waals surface area contributed by atoms with Crippen molar-refractivity contribution in [3.63, 3.8) is 0 Å². The summed E-state index contributed by atoms with van der Waals surface area (Å²) in [6.45, 7) is 2.95. The molecule has 0 amide bonds. The average molecular weight is 143 g/mol. The molecule has 0 spiro atoms. The quantitative estimate of drug-likeness (QED) is 0.561. The van der Waals surface area contributed by atoms with Gasteiger partial charge in [-0.15, -0.1) is 0 Å². The van der Waals surface area contributed by atoms with Gasteiger partial charge in [-0.1, -0.05) is 6.08 Å². The first-order valence-corrected chi connectivity index (χ1v) is 4.82. The molecule has 0 bridgehead atoms. The van der Waals surface area contributed by atoms with Gasteiger partial charge in [0.05, 0.1) is 0 Å². The molecule has 0 aromatic carbocycles. The van der Waals surface area contributed by atoms with Crippen LogP contribution in [0.2, 0.25) is 0 Å². The van der Waals surface area contributed by atoms with Crippen molar-refractivity contribution >= 4 is 10.9 Å². The fourth-order valence-corrected chi connectivity index (χ4v) is 2.55. The zero-order valence-electron chi connectivity index (χ0n) is 5.67. The Morgan fingerprint density at radius 3 is 2.89 bits per heavy atom. The summed E-state index contributed by atoms with van der Waals surface area (Å²) in [5.74, 6) is 1.16. The number of allylic oxidation sites excluding steroid dienone is 2. The Hall–Kier alpha value is -0.210. The second-order valence-electron chi connectivity index (χ2n) is 2.22. The SMILES string of the molecule is CC1=C[SH](CCN)C=C1. The number of rotatable bonds is 2. The number of nitrogens with two attached hydrogens (primary N) is 1. The molecule has 1 heterocycles. The smallest absolute Gasteiger partial charge is 0.000284 e. The third-order valence-electron chi connectivity index (χ3n) is 1.29. The second-order valence-corrected chi connectivity index (χ2v) is 4.25. The molecule has 2 N–H and O–H groups in total. The first kappa shape index (κ1) is 6.90. The summed E-state index contributed by atoms with van der Waals surface area (Å²) in [5.41, 5.74) is 6.80. The van der Waals surface area contributed by atoms with Crippen molar-refractivity contribution in [1.82, 2.24) is 0 Å². The van der Waals surface area contributed by atoms with Crippen LogP contribution in [0.5, 0.6) is 0 Å². The summed E-state index contributed by atoms with van der Waals surface area (Å²) >= 11 is 0. The zero-order chi connectivity index (χ0) is 6.69. The van der Waals surface area contributed by atoms with Gasteiger partial charge < -0.3 is 5.73 Å². The van der Waals surface area contributed by atoms with Crippen molar-refractivity contribution in [3.05, 3.63) is 22.5 Å². The van der Waals surface area contributed by atoms with E-state index in [-0.39, 0.29) is 10.9 Å². The van der Waals surface area contributed by atoms with Crippen molar-refractivity contribution < 1.29 is 0 Å². The Morgan fingerprint density at radius 2 is 2.44 bits per heavy atom. The Morgan fingerprint density at radius 1 is 1.67 bits per heavy atom. The van der Waals surface area contributed by atoms with Crippen molar-refractivity contribution in [1.29, 1.82) is 0 Å².